The molecule has 0 saturated carbocycles. The maximum atomic E-state index is 9.10. The van der Waals surface area contributed by atoms with Gasteiger partial charge in [0.25, 0.3) is 0 Å². The summed E-state index contributed by atoms with van der Waals surface area (Å²) < 4.78 is 0. The predicted octanol–water partition coefficient (Wildman–Crippen LogP) is 0.875. The Morgan fingerprint density at radius 1 is 1.58 bits per heavy atom. The number of aliphatic hydroxyl groups is 1. The van der Waals surface area contributed by atoms with E-state index in [1.165, 1.54) is 19.4 Å². The monoisotopic (exact) mass is 167 g/mol. The molecule has 3 unspecified atom stereocenters. The number of piperidine rings is 3. The SMILES string of the molecule is C=CC1CN2CCC1C[C@@H]2CO. The second-order valence-electron chi connectivity index (χ2n) is 4.02. The third kappa shape index (κ3) is 1.19. The molecule has 0 aromatic rings. The van der Waals surface area contributed by atoms with Gasteiger partial charge in [-0.3, -0.25) is 4.90 Å². The van der Waals surface area contributed by atoms with Crippen LogP contribution in [0.5, 0.6) is 0 Å². The minimum atomic E-state index is 0.334. The Labute approximate surface area is 73.9 Å². The smallest absolute Gasteiger partial charge is 0.0586 e. The molecule has 2 heteroatoms. The van der Waals surface area contributed by atoms with Crippen LogP contribution in [0.15, 0.2) is 12.7 Å². The lowest BCUT2D eigenvalue weighted by atomic mass is 9.76. The Kier molecular flexibility index (Phi) is 2.20. The van der Waals surface area contributed by atoms with Crippen molar-refractivity contribution in [2.24, 2.45) is 11.8 Å². The molecule has 0 aromatic heterocycles. The van der Waals surface area contributed by atoms with Crippen molar-refractivity contribution in [1.29, 1.82) is 0 Å². The van der Waals surface area contributed by atoms with Crippen LogP contribution in [0.1, 0.15) is 12.8 Å². The van der Waals surface area contributed by atoms with E-state index in [4.69, 9.17) is 5.11 Å². The highest BCUT2D eigenvalue weighted by molar-refractivity contribution is 4.98. The first-order valence-corrected chi connectivity index (χ1v) is 4.82. The van der Waals surface area contributed by atoms with E-state index in [2.05, 4.69) is 17.6 Å². The van der Waals surface area contributed by atoms with Crippen molar-refractivity contribution in [2.45, 2.75) is 18.9 Å². The fourth-order valence-electron chi connectivity index (χ4n) is 2.64. The Balaban J connectivity index is 2.05. The van der Waals surface area contributed by atoms with Gasteiger partial charge in [0.15, 0.2) is 0 Å². The van der Waals surface area contributed by atoms with Crippen LogP contribution in [-0.4, -0.2) is 35.7 Å². The normalized spacial score (nSPS) is 46.1. The average molecular weight is 167 g/mol. The number of hydrogen-bond acceptors (Lipinski definition) is 2. The van der Waals surface area contributed by atoms with Crippen molar-refractivity contribution in [3.05, 3.63) is 12.7 Å². The summed E-state index contributed by atoms with van der Waals surface area (Å²) in [4.78, 5) is 2.41. The van der Waals surface area contributed by atoms with Crippen LogP contribution in [0.25, 0.3) is 0 Å². The number of fused-ring (bicyclic) bond motifs is 3. The quantitative estimate of drug-likeness (QED) is 0.617. The molecule has 2 nitrogen and oxygen atoms in total. The van der Waals surface area contributed by atoms with Gasteiger partial charge in [-0.25, -0.2) is 0 Å². The van der Waals surface area contributed by atoms with Crippen molar-refractivity contribution in [3.8, 4) is 0 Å². The molecule has 3 fully saturated rings. The van der Waals surface area contributed by atoms with Crippen molar-refractivity contribution in [1.82, 2.24) is 4.90 Å². The molecule has 3 saturated heterocycles. The van der Waals surface area contributed by atoms with E-state index < -0.39 is 0 Å². The summed E-state index contributed by atoms with van der Waals surface area (Å²) in [6.07, 6.45) is 4.56. The molecule has 4 atom stereocenters. The molecular formula is C10H17NO. The molecule has 0 aliphatic carbocycles. The second kappa shape index (κ2) is 3.19. The minimum Gasteiger partial charge on any atom is -0.395 e. The predicted molar refractivity (Wildman–Crippen MR) is 48.9 cm³/mol. The fraction of sp³-hybridized carbons (Fsp3) is 0.800. The van der Waals surface area contributed by atoms with Crippen molar-refractivity contribution < 1.29 is 5.11 Å². The first-order valence-electron chi connectivity index (χ1n) is 4.82. The molecule has 0 aromatic carbocycles. The molecule has 68 valence electrons. The van der Waals surface area contributed by atoms with Crippen molar-refractivity contribution >= 4 is 0 Å². The molecule has 0 amide bonds. The van der Waals surface area contributed by atoms with Crippen LogP contribution in [0.3, 0.4) is 0 Å². The number of aliphatic hydroxyl groups excluding tert-OH is 1. The Morgan fingerprint density at radius 3 is 2.92 bits per heavy atom. The largest absolute Gasteiger partial charge is 0.395 e. The molecule has 12 heavy (non-hydrogen) atoms. The fourth-order valence-corrected chi connectivity index (χ4v) is 2.64. The lowest BCUT2D eigenvalue weighted by molar-refractivity contribution is -0.00631. The summed E-state index contributed by atoms with van der Waals surface area (Å²) in [7, 11) is 0. The molecule has 0 radical (unpaired) electrons. The summed E-state index contributed by atoms with van der Waals surface area (Å²) in [5.74, 6) is 1.48. The first-order chi connectivity index (χ1) is 5.85. The highest BCUT2D eigenvalue weighted by Crippen LogP contribution is 2.36. The zero-order valence-electron chi connectivity index (χ0n) is 7.45. The van der Waals surface area contributed by atoms with E-state index in [0.717, 1.165) is 12.5 Å². The summed E-state index contributed by atoms with van der Waals surface area (Å²) in [5, 5.41) is 9.10. The summed E-state index contributed by atoms with van der Waals surface area (Å²) in [6.45, 7) is 6.50. The second-order valence-corrected chi connectivity index (χ2v) is 4.02. The molecule has 3 aliphatic heterocycles. The zero-order valence-corrected chi connectivity index (χ0v) is 7.45. The van der Waals surface area contributed by atoms with E-state index in [1.807, 2.05) is 0 Å². The van der Waals surface area contributed by atoms with Crippen LogP contribution in [0.4, 0.5) is 0 Å². The van der Waals surface area contributed by atoms with Crippen molar-refractivity contribution in [3.63, 3.8) is 0 Å². The maximum Gasteiger partial charge on any atom is 0.0586 e. The highest BCUT2D eigenvalue weighted by Gasteiger charge is 2.38. The lowest BCUT2D eigenvalue weighted by Gasteiger charge is -2.48. The number of nitrogens with zero attached hydrogens (tertiary/aromatic N) is 1. The van der Waals surface area contributed by atoms with Crippen LogP contribution in [0, 0.1) is 11.8 Å². The Morgan fingerprint density at radius 2 is 2.42 bits per heavy atom. The molecule has 2 bridgehead atoms. The Bertz CT molecular complexity index is 181. The van der Waals surface area contributed by atoms with Gasteiger partial charge < -0.3 is 5.11 Å². The van der Waals surface area contributed by atoms with Gasteiger partial charge in [-0.05, 0) is 31.2 Å². The molecule has 3 heterocycles. The van der Waals surface area contributed by atoms with Gasteiger partial charge in [-0.1, -0.05) is 6.08 Å². The van der Waals surface area contributed by atoms with Gasteiger partial charge >= 0.3 is 0 Å². The third-order valence-corrected chi connectivity index (χ3v) is 3.44. The van der Waals surface area contributed by atoms with Gasteiger partial charge in [0.05, 0.1) is 6.61 Å². The number of rotatable bonds is 2. The topological polar surface area (TPSA) is 23.5 Å². The first kappa shape index (κ1) is 8.27. The van der Waals surface area contributed by atoms with Crippen LogP contribution in [-0.2, 0) is 0 Å². The van der Waals surface area contributed by atoms with Crippen LogP contribution in [0.2, 0.25) is 0 Å². The van der Waals surface area contributed by atoms with Crippen molar-refractivity contribution in [2.75, 3.05) is 19.7 Å². The molecular weight excluding hydrogens is 150 g/mol. The van der Waals surface area contributed by atoms with Gasteiger partial charge in [0, 0.05) is 12.6 Å². The lowest BCUT2D eigenvalue weighted by Crippen LogP contribution is -2.54. The van der Waals surface area contributed by atoms with E-state index in [9.17, 15) is 0 Å². The third-order valence-electron chi connectivity index (χ3n) is 3.44. The maximum absolute atomic E-state index is 9.10. The van der Waals surface area contributed by atoms with E-state index in [-0.39, 0.29) is 0 Å². The van der Waals surface area contributed by atoms with E-state index in [1.54, 1.807) is 0 Å². The standard InChI is InChI=1S/C10H17NO/c1-2-8-6-11-4-3-9(8)5-10(11)7-12/h2,8-10,12H,1,3-7H2/t8?,9?,10-/m1/s1. The van der Waals surface area contributed by atoms with Crippen LogP contribution >= 0.6 is 0 Å². The van der Waals surface area contributed by atoms with Gasteiger partial charge in [0.1, 0.15) is 0 Å². The van der Waals surface area contributed by atoms with E-state index in [0.29, 0.717) is 18.6 Å². The van der Waals surface area contributed by atoms with Gasteiger partial charge in [0.2, 0.25) is 0 Å². The summed E-state index contributed by atoms with van der Waals surface area (Å²) >= 11 is 0. The molecule has 1 N–H and O–H groups in total. The molecule has 3 aliphatic rings. The van der Waals surface area contributed by atoms with Gasteiger partial charge in [-0.15, -0.1) is 6.58 Å². The summed E-state index contributed by atoms with van der Waals surface area (Å²) in [5.41, 5.74) is 0. The summed E-state index contributed by atoms with van der Waals surface area (Å²) in [6, 6.07) is 0.444. The molecule has 0 spiro atoms. The Hall–Kier alpha value is -0.340. The minimum absolute atomic E-state index is 0.334. The average Bonchev–Trinajstić information content (AvgIpc) is 2.18. The molecule has 3 rings (SSSR count). The van der Waals surface area contributed by atoms with Crippen LogP contribution < -0.4 is 0 Å². The number of hydrogen-bond donors (Lipinski definition) is 1. The highest BCUT2D eigenvalue weighted by atomic mass is 16.3. The van der Waals surface area contributed by atoms with Gasteiger partial charge in [-0.2, -0.15) is 0 Å². The van der Waals surface area contributed by atoms with E-state index >= 15 is 0 Å². The zero-order chi connectivity index (χ0) is 8.55.